The van der Waals surface area contributed by atoms with Crippen molar-refractivity contribution in [1.82, 2.24) is 30.1 Å². The lowest BCUT2D eigenvalue weighted by molar-refractivity contribution is 0.0611. The molecule has 1 unspecified atom stereocenters. The third kappa shape index (κ3) is 3.05. The van der Waals surface area contributed by atoms with Crippen LogP contribution in [0.2, 0.25) is 0 Å². The van der Waals surface area contributed by atoms with Crippen molar-refractivity contribution in [2.24, 2.45) is 0 Å². The van der Waals surface area contributed by atoms with Crippen LogP contribution in [0.5, 0.6) is 0 Å². The number of fused-ring (bicyclic) bond motifs is 1. The van der Waals surface area contributed by atoms with Gasteiger partial charge in [0.2, 0.25) is 0 Å². The molecule has 1 saturated heterocycles. The van der Waals surface area contributed by atoms with Crippen molar-refractivity contribution in [3.63, 3.8) is 0 Å². The maximum atomic E-state index is 13.4. The third-order valence-electron chi connectivity index (χ3n) is 5.07. The molecule has 2 aromatic carbocycles. The first kappa shape index (κ1) is 17.0. The molecule has 28 heavy (non-hydrogen) atoms. The Kier molecular flexibility index (Phi) is 4.32. The van der Waals surface area contributed by atoms with Gasteiger partial charge >= 0.3 is 0 Å². The van der Waals surface area contributed by atoms with Gasteiger partial charge in [0.1, 0.15) is 11.3 Å². The molecule has 1 aliphatic heterocycles. The molecule has 0 radical (unpaired) electrons. The van der Waals surface area contributed by atoms with Crippen LogP contribution >= 0.6 is 11.3 Å². The van der Waals surface area contributed by atoms with Gasteiger partial charge in [-0.3, -0.25) is 4.79 Å². The Hall–Kier alpha value is -3.13. The van der Waals surface area contributed by atoms with Crippen LogP contribution in [0.4, 0.5) is 0 Å². The van der Waals surface area contributed by atoms with E-state index in [-0.39, 0.29) is 11.9 Å². The second-order valence-electron chi connectivity index (χ2n) is 6.83. The highest BCUT2D eigenvalue weighted by Crippen LogP contribution is 2.36. The van der Waals surface area contributed by atoms with Crippen LogP contribution in [0.1, 0.15) is 40.7 Å². The first-order valence-corrected chi connectivity index (χ1v) is 10.1. The lowest BCUT2D eigenvalue weighted by atomic mass is 10.0. The molecule has 4 aromatic rings. The number of amides is 1. The summed E-state index contributed by atoms with van der Waals surface area (Å²) in [5.41, 5.74) is 2.41. The van der Waals surface area contributed by atoms with Gasteiger partial charge in [0.05, 0.1) is 21.9 Å². The monoisotopic (exact) mass is 390 g/mol. The standard InChI is InChI=1S/C20H18N6OS/c27-20(14-6-5-7-15(12-14)26-13-21-23-24-26)25-11-4-3-9-17(25)19-22-16-8-1-2-10-18(16)28-19/h1-2,5-8,10,12-13,17H,3-4,9,11H2. The van der Waals surface area contributed by atoms with Crippen LogP contribution in [0, 0.1) is 0 Å². The van der Waals surface area contributed by atoms with E-state index in [1.165, 1.54) is 6.33 Å². The van der Waals surface area contributed by atoms with Crippen molar-refractivity contribution < 1.29 is 4.79 Å². The summed E-state index contributed by atoms with van der Waals surface area (Å²) in [4.78, 5) is 20.1. The predicted octanol–water partition coefficient (Wildman–Crippen LogP) is 3.64. The molecule has 140 valence electrons. The zero-order chi connectivity index (χ0) is 18.9. The average Bonchev–Trinajstić information content (AvgIpc) is 3.43. The Bertz CT molecular complexity index is 1090. The SMILES string of the molecule is O=C(c1cccc(-n2cnnn2)c1)N1CCCCC1c1nc2ccccc2s1. The van der Waals surface area contributed by atoms with Crippen molar-refractivity contribution in [3.05, 3.63) is 65.4 Å². The molecule has 1 amide bonds. The van der Waals surface area contributed by atoms with E-state index in [1.807, 2.05) is 47.4 Å². The summed E-state index contributed by atoms with van der Waals surface area (Å²) in [7, 11) is 0. The number of tetrazole rings is 1. The van der Waals surface area contributed by atoms with Gasteiger partial charge < -0.3 is 4.90 Å². The molecule has 2 aromatic heterocycles. The van der Waals surface area contributed by atoms with Crippen LogP contribution in [0.15, 0.2) is 54.9 Å². The smallest absolute Gasteiger partial charge is 0.254 e. The molecule has 0 N–H and O–H groups in total. The van der Waals surface area contributed by atoms with Gasteiger partial charge in [0, 0.05) is 12.1 Å². The van der Waals surface area contributed by atoms with Crippen LogP contribution in [0.3, 0.4) is 0 Å². The number of hydrogen-bond donors (Lipinski definition) is 0. The van der Waals surface area contributed by atoms with Crippen molar-refractivity contribution in [3.8, 4) is 5.69 Å². The average molecular weight is 390 g/mol. The molecule has 8 heteroatoms. The first-order chi connectivity index (χ1) is 13.8. The highest BCUT2D eigenvalue weighted by molar-refractivity contribution is 7.18. The topological polar surface area (TPSA) is 76.8 Å². The summed E-state index contributed by atoms with van der Waals surface area (Å²) in [5, 5.41) is 12.3. The maximum absolute atomic E-state index is 13.4. The van der Waals surface area contributed by atoms with E-state index in [9.17, 15) is 4.79 Å². The highest BCUT2D eigenvalue weighted by Gasteiger charge is 2.31. The van der Waals surface area contributed by atoms with Crippen LogP contribution in [0.25, 0.3) is 15.9 Å². The fourth-order valence-corrected chi connectivity index (χ4v) is 4.81. The molecular weight excluding hydrogens is 372 g/mol. The largest absolute Gasteiger partial charge is 0.329 e. The number of benzene rings is 2. The van der Waals surface area contributed by atoms with Crippen LogP contribution in [-0.4, -0.2) is 42.5 Å². The van der Waals surface area contributed by atoms with Gasteiger partial charge in [-0.1, -0.05) is 18.2 Å². The van der Waals surface area contributed by atoms with Gasteiger partial charge in [-0.15, -0.1) is 16.4 Å². The molecule has 5 rings (SSSR count). The summed E-state index contributed by atoms with van der Waals surface area (Å²) < 4.78 is 2.72. The minimum Gasteiger partial charge on any atom is -0.329 e. The lowest BCUT2D eigenvalue weighted by Crippen LogP contribution is -2.38. The molecule has 7 nitrogen and oxygen atoms in total. The number of nitrogens with zero attached hydrogens (tertiary/aromatic N) is 6. The Morgan fingerprint density at radius 3 is 2.89 bits per heavy atom. The fourth-order valence-electron chi connectivity index (χ4n) is 3.69. The molecule has 1 fully saturated rings. The summed E-state index contributed by atoms with van der Waals surface area (Å²) in [5.74, 6) is 0.0267. The van der Waals surface area contributed by atoms with Crippen molar-refractivity contribution >= 4 is 27.5 Å². The van der Waals surface area contributed by atoms with E-state index in [4.69, 9.17) is 4.98 Å². The van der Waals surface area contributed by atoms with E-state index < -0.39 is 0 Å². The molecular formula is C20H18N6OS. The zero-order valence-electron chi connectivity index (χ0n) is 15.1. The van der Waals surface area contributed by atoms with Gasteiger partial charge in [-0.25, -0.2) is 9.67 Å². The molecule has 0 aliphatic carbocycles. The van der Waals surface area contributed by atoms with Gasteiger partial charge in [-0.2, -0.15) is 0 Å². The number of rotatable bonds is 3. The predicted molar refractivity (Wildman–Crippen MR) is 106 cm³/mol. The molecule has 0 bridgehead atoms. The van der Waals surface area contributed by atoms with Crippen molar-refractivity contribution in [2.45, 2.75) is 25.3 Å². The Morgan fingerprint density at radius 2 is 2.04 bits per heavy atom. The molecule has 3 heterocycles. The fraction of sp³-hybridized carbons (Fsp3) is 0.250. The maximum Gasteiger partial charge on any atom is 0.254 e. The summed E-state index contributed by atoms with van der Waals surface area (Å²) in [6, 6.07) is 15.6. The van der Waals surface area contributed by atoms with Gasteiger partial charge in [0.25, 0.3) is 5.91 Å². The van der Waals surface area contributed by atoms with Gasteiger partial charge in [-0.05, 0) is 60.0 Å². The second-order valence-corrected chi connectivity index (χ2v) is 7.90. The van der Waals surface area contributed by atoms with Crippen molar-refractivity contribution in [1.29, 1.82) is 0 Å². The first-order valence-electron chi connectivity index (χ1n) is 9.29. The Labute approximate surface area is 165 Å². The molecule has 1 aliphatic rings. The highest BCUT2D eigenvalue weighted by atomic mass is 32.1. The molecule has 0 saturated carbocycles. The number of thiazole rings is 1. The minimum atomic E-state index is 0.0235. The number of para-hydroxylation sites is 1. The van der Waals surface area contributed by atoms with E-state index >= 15 is 0 Å². The molecule has 0 spiro atoms. The van der Waals surface area contributed by atoms with Crippen molar-refractivity contribution in [2.75, 3.05) is 6.54 Å². The van der Waals surface area contributed by atoms with E-state index in [2.05, 4.69) is 21.6 Å². The second kappa shape index (κ2) is 7.12. The number of carbonyl (C=O) groups excluding carboxylic acids is 1. The van der Waals surface area contributed by atoms with E-state index in [0.717, 1.165) is 46.7 Å². The van der Waals surface area contributed by atoms with Crippen LogP contribution in [-0.2, 0) is 0 Å². The summed E-state index contributed by atoms with van der Waals surface area (Å²) in [6.07, 6.45) is 4.58. The normalized spacial score (nSPS) is 17.1. The van der Waals surface area contributed by atoms with E-state index in [1.54, 1.807) is 16.0 Å². The number of carbonyl (C=O) groups is 1. The Balaban J connectivity index is 1.48. The summed E-state index contributed by atoms with van der Waals surface area (Å²) >= 11 is 1.69. The third-order valence-corrected chi connectivity index (χ3v) is 6.20. The lowest BCUT2D eigenvalue weighted by Gasteiger charge is -2.34. The van der Waals surface area contributed by atoms with Gasteiger partial charge in [0.15, 0.2) is 0 Å². The van der Waals surface area contributed by atoms with Crippen LogP contribution < -0.4 is 0 Å². The zero-order valence-corrected chi connectivity index (χ0v) is 15.9. The number of aromatic nitrogens is 5. The quantitative estimate of drug-likeness (QED) is 0.534. The number of hydrogen-bond acceptors (Lipinski definition) is 6. The summed E-state index contributed by atoms with van der Waals surface area (Å²) in [6.45, 7) is 0.745. The number of likely N-dealkylation sites (tertiary alicyclic amines) is 1. The Morgan fingerprint density at radius 1 is 1.11 bits per heavy atom. The molecule has 1 atom stereocenters. The number of piperidine rings is 1. The minimum absolute atomic E-state index is 0.0235. The van der Waals surface area contributed by atoms with E-state index in [0.29, 0.717) is 5.56 Å².